The standard InChI is InChI=1S/C16H18N2O6.ClH/c1-9(18-13(21)5-6-14(18)22)24-15(23)16(2,17)8-10-3-4-11(19)12(20)7-10;/h3-7,9,19-20H,8,17H2,1-2H3;1H/t9?,16-;/m0./s1. The number of phenols is 2. The highest BCUT2D eigenvalue weighted by molar-refractivity contribution is 6.13. The number of aromatic hydroxyl groups is 2. The van der Waals surface area contributed by atoms with Gasteiger partial charge in [-0.15, -0.1) is 12.4 Å². The fraction of sp³-hybridized carbons (Fsp3) is 0.312. The van der Waals surface area contributed by atoms with E-state index in [1.165, 1.54) is 32.0 Å². The van der Waals surface area contributed by atoms with Gasteiger partial charge in [-0.05, 0) is 31.5 Å². The molecular weight excluding hydrogens is 352 g/mol. The Labute approximate surface area is 150 Å². The smallest absolute Gasteiger partial charge is 0.328 e. The molecule has 0 bridgehead atoms. The van der Waals surface area contributed by atoms with Crippen molar-refractivity contribution in [3.63, 3.8) is 0 Å². The van der Waals surface area contributed by atoms with Gasteiger partial charge < -0.3 is 20.7 Å². The van der Waals surface area contributed by atoms with Gasteiger partial charge in [0, 0.05) is 18.6 Å². The molecule has 9 heteroatoms. The number of hydrogen-bond acceptors (Lipinski definition) is 7. The molecule has 0 saturated heterocycles. The predicted molar refractivity (Wildman–Crippen MR) is 89.9 cm³/mol. The molecule has 0 radical (unpaired) electrons. The molecule has 1 unspecified atom stereocenters. The number of amides is 2. The fourth-order valence-corrected chi connectivity index (χ4v) is 2.29. The van der Waals surface area contributed by atoms with Crippen molar-refractivity contribution in [2.45, 2.75) is 32.0 Å². The normalized spacial score (nSPS) is 17.0. The zero-order chi connectivity index (χ0) is 18.1. The Morgan fingerprint density at radius 1 is 1.24 bits per heavy atom. The first-order chi connectivity index (χ1) is 11.1. The summed E-state index contributed by atoms with van der Waals surface area (Å²) in [5.74, 6) is -2.56. The summed E-state index contributed by atoms with van der Waals surface area (Å²) in [4.78, 5) is 36.2. The summed E-state index contributed by atoms with van der Waals surface area (Å²) in [6, 6.07) is 4.07. The lowest BCUT2D eigenvalue weighted by molar-refractivity contribution is -0.168. The average molecular weight is 371 g/mol. The van der Waals surface area contributed by atoms with Gasteiger partial charge in [0.1, 0.15) is 5.54 Å². The molecule has 0 fully saturated rings. The fourth-order valence-electron chi connectivity index (χ4n) is 2.29. The highest BCUT2D eigenvalue weighted by Gasteiger charge is 2.36. The number of halogens is 1. The van der Waals surface area contributed by atoms with Crippen molar-refractivity contribution in [2.75, 3.05) is 0 Å². The number of carbonyl (C=O) groups is 3. The molecule has 136 valence electrons. The SMILES string of the molecule is CC(OC(=O)[C@@](C)(N)Cc1ccc(O)c(O)c1)N1C(=O)C=CC1=O.Cl. The Kier molecular flexibility index (Phi) is 6.17. The molecule has 0 saturated carbocycles. The van der Waals surface area contributed by atoms with Gasteiger partial charge in [-0.1, -0.05) is 6.07 Å². The molecule has 1 aliphatic rings. The minimum absolute atomic E-state index is 0. The second-order valence-electron chi connectivity index (χ2n) is 5.80. The minimum atomic E-state index is -1.46. The molecule has 0 spiro atoms. The van der Waals surface area contributed by atoms with E-state index in [2.05, 4.69) is 0 Å². The van der Waals surface area contributed by atoms with Crippen LogP contribution in [0.5, 0.6) is 11.5 Å². The van der Waals surface area contributed by atoms with Crippen molar-refractivity contribution in [2.24, 2.45) is 5.73 Å². The number of nitrogens with zero attached hydrogens (tertiary/aromatic N) is 1. The second-order valence-corrected chi connectivity index (χ2v) is 5.80. The van der Waals surface area contributed by atoms with Crippen molar-refractivity contribution in [1.29, 1.82) is 0 Å². The quantitative estimate of drug-likeness (QED) is 0.393. The van der Waals surface area contributed by atoms with Gasteiger partial charge in [-0.3, -0.25) is 9.59 Å². The molecule has 0 aliphatic carbocycles. The number of nitrogens with two attached hydrogens (primary N) is 1. The van der Waals surface area contributed by atoms with Crippen LogP contribution >= 0.6 is 12.4 Å². The van der Waals surface area contributed by atoms with Crippen LogP contribution in [0.4, 0.5) is 0 Å². The number of esters is 1. The van der Waals surface area contributed by atoms with Crippen LogP contribution in [0.3, 0.4) is 0 Å². The Bertz CT molecular complexity index is 713. The van der Waals surface area contributed by atoms with E-state index in [-0.39, 0.29) is 30.3 Å². The van der Waals surface area contributed by atoms with Gasteiger partial charge in [0.25, 0.3) is 11.8 Å². The lowest BCUT2D eigenvalue weighted by Gasteiger charge is -2.28. The van der Waals surface area contributed by atoms with E-state index >= 15 is 0 Å². The van der Waals surface area contributed by atoms with E-state index in [1.807, 2.05) is 0 Å². The molecule has 1 aromatic carbocycles. The van der Waals surface area contributed by atoms with Gasteiger partial charge in [0.05, 0.1) is 0 Å². The van der Waals surface area contributed by atoms with Crippen molar-refractivity contribution >= 4 is 30.2 Å². The van der Waals surface area contributed by atoms with E-state index in [0.29, 0.717) is 5.56 Å². The van der Waals surface area contributed by atoms with Crippen LogP contribution in [0.1, 0.15) is 19.4 Å². The van der Waals surface area contributed by atoms with Crippen molar-refractivity contribution in [3.8, 4) is 11.5 Å². The third kappa shape index (κ3) is 4.49. The Hall–Kier alpha value is -2.58. The molecule has 1 heterocycles. The third-order valence-corrected chi connectivity index (χ3v) is 3.56. The van der Waals surface area contributed by atoms with E-state index < -0.39 is 29.6 Å². The third-order valence-electron chi connectivity index (χ3n) is 3.56. The summed E-state index contributed by atoms with van der Waals surface area (Å²) in [5.41, 5.74) is 5.02. The van der Waals surface area contributed by atoms with Crippen LogP contribution in [-0.4, -0.2) is 44.7 Å². The Balaban J connectivity index is 0.00000312. The monoisotopic (exact) mass is 370 g/mol. The molecule has 8 nitrogen and oxygen atoms in total. The van der Waals surface area contributed by atoms with Crippen LogP contribution in [0.25, 0.3) is 0 Å². The van der Waals surface area contributed by atoms with Gasteiger partial charge in [-0.2, -0.15) is 0 Å². The molecule has 4 N–H and O–H groups in total. The topological polar surface area (TPSA) is 130 Å². The van der Waals surface area contributed by atoms with Crippen molar-refractivity contribution < 1.29 is 29.3 Å². The van der Waals surface area contributed by atoms with Crippen LogP contribution in [0.2, 0.25) is 0 Å². The molecular formula is C16H19ClN2O6. The number of imide groups is 1. The maximum Gasteiger partial charge on any atom is 0.328 e. The molecule has 1 aromatic rings. The molecule has 1 aliphatic heterocycles. The van der Waals surface area contributed by atoms with Crippen LogP contribution < -0.4 is 5.73 Å². The summed E-state index contributed by atoms with van der Waals surface area (Å²) in [7, 11) is 0. The number of rotatable bonds is 5. The van der Waals surface area contributed by atoms with E-state index in [0.717, 1.165) is 17.1 Å². The second kappa shape index (κ2) is 7.54. The zero-order valence-electron chi connectivity index (χ0n) is 13.6. The minimum Gasteiger partial charge on any atom is -0.504 e. The number of ether oxygens (including phenoxy) is 1. The molecule has 2 atom stereocenters. The van der Waals surface area contributed by atoms with Crippen LogP contribution in [0, 0.1) is 0 Å². The summed E-state index contributed by atoms with van der Waals surface area (Å²) in [5, 5.41) is 18.8. The maximum atomic E-state index is 12.3. The number of carbonyl (C=O) groups excluding carboxylic acids is 3. The lowest BCUT2D eigenvalue weighted by Crippen LogP contribution is -2.51. The lowest BCUT2D eigenvalue weighted by atomic mass is 9.94. The van der Waals surface area contributed by atoms with Crippen molar-refractivity contribution in [1.82, 2.24) is 4.90 Å². The van der Waals surface area contributed by atoms with Gasteiger partial charge in [0.2, 0.25) is 0 Å². The Morgan fingerprint density at radius 3 is 2.32 bits per heavy atom. The number of phenolic OH excluding ortho intramolecular Hbond substituents is 2. The van der Waals surface area contributed by atoms with Gasteiger partial charge in [0.15, 0.2) is 17.7 Å². The first kappa shape index (κ1) is 20.5. The molecule has 2 amide bonds. The van der Waals surface area contributed by atoms with Crippen molar-refractivity contribution in [3.05, 3.63) is 35.9 Å². The first-order valence-electron chi connectivity index (χ1n) is 7.18. The van der Waals surface area contributed by atoms with E-state index in [1.54, 1.807) is 0 Å². The van der Waals surface area contributed by atoms with Gasteiger partial charge >= 0.3 is 5.97 Å². The average Bonchev–Trinajstić information content (AvgIpc) is 2.81. The number of benzene rings is 1. The summed E-state index contributed by atoms with van der Waals surface area (Å²) in [6.07, 6.45) is 1.11. The zero-order valence-corrected chi connectivity index (χ0v) is 14.4. The highest BCUT2D eigenvalue weighted by atomic mass is 35.5. The Morgan fingerprint density at radius 2 is 1.80 bits per heavy atom. The number of hydrogen-bond donors (Lipinski definition) is 3. The van der Waals surface area contributed by atoms with Crippen LogP contribution in [0.15, 0.2) is 30.4 Å². The summed E-state index contributed by atoms with van der Waals surface area (Å²) >= 11 is 0. The first-order valence-corrected chi connectivity index (χ1v) is 7.18. The largest absolute Gasteiger partial charge is 0.504 e. The predicted octanol–water partition coefficient (Wildman–Crippen LogP) is 0.594. The summed E-state index contributed by atoms with van der Waals surface area (Å²) < 4.78 is 5.13. The van der Waals surface area contributed by atoms with Crippen LogP contribution in [-0.2, 0) is 25.5 Å². The molecule has 25 heavy (non-hydrogen) atoms. The van der Waals surface area contributed by atoms with Gasteiger partial charge in [-0.25, -0.2) is 9.69 Å². The van der Waals surface area contributed by atoms with E-state index in [4.69, 9.17) is 10.5 Å². The molecule has 0 aromatic heterocycles. The highest BCUT2D eigenvalue weighted by Crippen LogP contribution is 2.26. The maximum absolute atomic E-state index is 12.3. The molecule has 2 rings (SSSR count). The summed E-state index contributed by atoms with van der Waals surface area (Å²) in [6.45, 7) is 2.82. The van der Waals surface area contributed by atoms with E-state index in [9.17, 15) is 24.6 Å².